The standard InChI is InChI=1S/C19H16ClF4NO5S/c1-8-9(7-13(26)27)15-10(3-4-11(29-2)16(15)20)25(8)17(28)12-5-6-14(31-12)30-19(23,24)18(21)22/h4-6,10,18H,3,7H2,1-2H3,(H,26,27). The Hall–Kier alpha value is -2.53. The highest BCUT2D eigenvalue weighted by molar-refractivity contribution is 7.15. The lowest BCUT2D eigenvalue weighted by molar-refractivity contribution is -0.251. The van der Waals surface area contributed by atoms with Gasteiger partial charge in [-0.3, -0.25) is 9.59 Å². The van der Waals surface area contributed by atoms with Crippen molar-refractivity contribution in [2.45, 2.75) is 38.3 Å². The normalized spacial score (nSPS) is 19.0. The number of fused-ring (bicyclic) bond motifs is 1. The summed E-state index contributed by atoms with van der Waals surface area (Å²) in [5.74, 6) is -1.41. The van der Waals surface area contributed by atoms with Crippen molar-refractivity contribution < 1.29 is 41.7 Å². The molecule has 6 nitrogen and oxygen atoms in total. The minimum atomic E-state index is -4.70. The zero-order valence-electron chi connectivity index (χ0n) is 16.1. The molecule has 1 amide bonds. The van der Waals surface area contributed by atoms with Crippen molar-refractivity contribution in [3.8, 4) is 5.06 Å². The number of alkyl halides is 4. The molecule has 0 saturated heterocycles. The Labute approximate surface area is 183 Å². The van der Waals surface area contributed by atoms with E-state index in [1.807, 2.05) is 0 Å². The maximum absolute atomic E-state index is 13.2. The Bertz CT molecular complexity index is 1020. The first-order chi connectivity index (χ1) is 14.5. The van der Waals surface area contributed by atoms with E-state index in [-0.39, 0.29) is 16.3 Å². The third kappa shape index (κ3) is 4.29. The van der Waals surface area contributed by atoms with Gasteiger partial charge >= 0.3 is 18.5 Å². The molecule has 1 atom stereocenters. The van der Waals surface area contributed by atoms with E-state index >= 15 is 0 Å². The van der Waals surface area contributed by atoms with Crippen molar-refractivity contribution in [2.75, 3.05) is 7.11 Å². The number of amides is 1. The summed E-state index contributed by atoms with van der Waals surface area (Å²) in [5.41, 5.74) is 1.12. The molecule has 3 rings (SSSR count). The fourth-order valence-electron chi connectivity index (χ4n) is 3.48. The zero-order valence-corrected chi connectivity index (χ0v) is 17.7. The molecule has 0 saturated carbocycles. The van der Waals surface area contributed by atoms with E-state index < -0.39 is 41.9 Å². The first-order valence-electron chi connectivity index (χ1n) is 8.82. The van der Waals surface area contributed by atoms with Gasteiger partial charge in [0.1, 0.15) is 5.76 Å². The number of methoxy groups -OCH3 is 1. The van der Waals surface area contributed by atoms with Crippen LogP contribution in [0.15, 0.2) is 45.8 Å². The van der Waals surface area contributed by atoms with Crippen molar-refractivity contribution >= 4 is 34.8 Å². The summed E-state index contributed by atoms with van der Waals surface area (Å²) in [6.45, 7) is 1.55. The Balaban J connectivity index is 1.96. The van der Waals surface area contributed by atoms with Crippen LogP contribution in [0.3, 0.4) is 0 Å². The van der Waals surface area contributed by atoms with Crippen LogP contribution in [-0.2, 0) is 9.53 Å². The number of hydrogen-bond donors (Lipinski definition) is 1. The number of carboxylic acid groups (broad SMARTS) is 1. The van der Waals surface area contributed by atoms with Gasteiger partial charge in [0.05, 0.1) is 29.5 Å². The molecule has 0 aromatic carbocycles. The van der Waals surface area contributed by atoms with E-state index in [0.717, 1.165) is 6.07 Å². The summed E-state index contributed by atoms with van der Waals surface area (Å²) in [4.78, 5) is 25.8. The summed E-state index contributed by atoms with van der Waals surface area (Å²) in [6.07, 6.45) is -7.19. The fourth-order valence-corrected chi connectivity index (χ4v) is 4.70. The number of ether oxygens (including phenoxy) is 2. The highest BCUT2D eigenvalue weighted by Gasteiger charge is 2.45. The average Bonchev–Trinajstić information content (AvgIpc) is 3.24. The summed E-state index contributed by atoms with van der Waals surface area (Å²) >= 11 is 6.88. The molecule has 168 valence electrons. The molecule has 1 unspecified atom stereocenters. The van der Waals surface area contributed by atoms with Gasteiger partial charge in [-0.1, -0.05) is 22.9 Å². The van der Waals surface area contributed by atoms with Crippen LogP contribution in [0.25, 0.3) is 0 Å². The SMILES string of the molecule is COC1=CCC2C(=C1Cl)C(CC(=O)O)=C(C)N2C(=O)c1ccc(OC(F)(F)C(F)F)s1. The number of hydrogen-bond acceptors (Lipinski definition) is 5. The Morgan fingerprint density at radius 2 is 2.06 bits per heavy atom. The maximum atomic E-state index is 13.2. The molecule has 1 aliphatic heterocycles. The lowest BCUT2D eigenvalue weighted by Gasteiger charge is -2.29. The lowest BCUT2D eigenvalue weighted by atomic mass is 9.92. The van der Waals surface area contributed by atoms with Crippen molar-refractivity contribution in [1.82, 2.24) is 4.90 Å². The molecule has 2 heterocycles. The summed E-state index contributed by atoms with van der Waals surface area (Å²) in [6, 6.07) is 1.55. The maximum Gasteiger partial charge on any atom is 0.461 e. The number of carbonyl (C=O) groups excluding carboxylic acids is 1. The second-order valence-electron chi connectivity index (χ2n) is 6.64. The predicted molar refractivity (Wildman–Crippen MR) is 103 cm³/mol. The number of nitrogens with zero attached hydrogens (tertiary/aromatic N) is 1. The van der Waals surface area contributed by atoms with E-state index in [2.05, 4.69) is 4.74 Å². The van der Waals surface area contributed by atoms with E-state index in [1.165, 1.54) is 18.1 Å². The third-order valence-corrected chi connectivity index (χ3v) is 6.14. The Kier molecular flexibility index (Phi) is 6.38. The van der Waals surface area contributed by atoms with Crippen molar-refractivity contribution in [1.29, 1.82) is 0 Å². The summed E-state index contributed by atoms with van der Waals surface area (Å²) in [5, 5.41) is 8.91. The molecule has 12 heteroatoms. The van der Waals surface area contributed by atoms with Crippen LogP contribution in [0.2, 0.25) is 0 Å². The minimum Gasteiger partial charge on any atom is -0.496 e. The van der Waals surface area contributed by atoms with Gasteiger partial charge in [-0.05, 0) is 37.1 Å². The van der Waals surface area contributed by atoms with Gasteiger partial charge in [-0.15, -0.1) is 0 Å². The van der Waals surface area contributed by atoms with Gasteiger partial charge in [0.2, 0.25) is 0 Å². The number of rotatable bonds is 7. The van der Waals surface area contributed by atoms with E-state index in [9.17, 15) is 32.3 Å². The number of allylic oxidation sites excluding steroid dienone is 2. The molecule has 31 heavy (non-hydrogen) atoms. The third-order valence-electron chi connectivity index (χ3n) is 4.80. The second-order valence-corrected chi connectivity index (χ2v) is 8.07. The highest BCUT2D eigenvalue weighted by Crippen LogP contribution is 2.45. The molecular formula is C19H16ClF4NO5S. The number of carboxylic acids is 1. The molecule has 2 aliphatic rings. The van der Waals surface area contributed by atoms with Crippen LogP contribution in [0, 0.1) is 0 Å². The first kappa shape index (κ1) is 23.1. The Morgan fingerprint density at radius 3 is 2.65 bits per heavy atom. The topological polar surface area (TPSA) is 76.1 Å². The molecule has 1 aromatic heterocycles. The van der Waals surface area contributed by atoms with Gasteiger partial charge < -0.3 is 19.5 Å². The quantitative estimate of drug-likeness (QED) is 0.556. The molecule has 0 radical (unpaired) electrons. The van der Waals surface area contributed by atoms with Crippen molar-refractivity contribution in [3.05, 3.63) is 50.7 Å². The number of halogens is 5. The van der Waals surface area contributed by atoms with Crippen LogP contribution in [0.1, 0.15) is 29.4 Å². The molecule has 1 N–H and O–H groups in total. The van der Waals surface area contributed by atoms with Crippen LogP contribution in [0.5, 0.6) is 5.06 Å². The Morgan fingerprint density at radius 1 is 1.39 bits per heavy atom. The predicted octanol–water partition coefficient (Wildman–Crippen LogP) is 4.98. The molecule has 0 fully saturated rings. The van der Waals surface area contributed by atoms with Crippen LogP contribution in [-0.4, -0.2) is 47.6 Å². The van der Waals surface area contributed by atoms with Gasteiger partial charge in [0.15, 0.2) is 5.06 Å². The van der Waals surface area contributed by atoms with Crippen LogP contribution < -0.4 is 4.74 Å². The van der Waals surface area contributed by atoms with Crippen molar-refractivity contribution in [2.24, 2.45) is 0 Å². The van der Waals surface area contributed by atoms with Gasteiger partial charge in [-0.25, -0.2) is 0 Å². The largest absolute Gasteiger partial charge is 0.496 e. The first-order valence-corrected chi connectivity index (χ1v) is 10.0. The lowest BCUT2D eigenvalue weighted by Crippen LogP contribution is -2.36. The van der Waals surface area contributed by atoms with Gasteiger partial charge in [0.25, 0.3) is 5.91 Å². The van der Waals surface area contributed by atoms with Gasteiger partial charge in [0, 0.05) is 11.3 Å². The van der Waals surface area contributed by atoms with E-state index in [4.69, 9.17) is 16.3 Å². The fraction of sp³-hybridized carbons (Fsp3) is 0.368. The molecule has 0 spiro atoms. The molecule has 1 aromatic rings. The van der Waals surface area contributed by atoms with Crippen LogP contribution >= 0.6 is 22.9 Å². The van der Waals surface area contributed by atoms with Gasteiger partial charge in [-0.2, -0.15) is 17.6 Å². The average molecular weight is 482 g/mol. The van der Waals surface area contributed by atoms with E-state index in [0.29, 0.717) is 33.9 Å². The smallest absolute Gasteiger partial charge is 0.461 e. The summed E-state index contributed by atoms with van der Waals surface area (Å²) < 4.78 is 60.2. The highest BCUT2D eigenvalue weighted by atomic mass is 35.5. The zero-order chi connectivity index (χ0) is 23.1. The summed E-state index contributed by atoms with van der Waals surface area (Å²) in [7, 11) is 1.41. The number of thiophene rings is 1. The van der Waals surface area contributed by atoms with Crippen molar-refractivity contribution in [3.63, 3.8) is 0 Å². The van der Waals surface area contributed by atoms with Crippen LogP contribution in [0.4, 0.5) is 17.6 Å². The molecular weight excluding hydrogens is 466 g/mol. The monoisotopic (exact) mass is 481 g/mol. The molecule has 0 bridgehead atoms. The minimum absolute atomic E-state index is 0.0482. The molecule has 1 aliphatic carbocycles. The second kappa shape index (κ2) is 8.54. The number of aliphatic carboxylic acids is 1. The van der Waals surface area contributed by atoms with E-state index in [1.54, 1.807) is 13.0 Å². The number of carbonyl (C=O) groups is 2.